The molecule has 1 saturated heterocycles. The van der Waals surface area contributed by atoms with Crippen LogP contribution < -0.4 is 5.73 Å². The van der Waals surface area contributed by atoms with E-state index in [4.69, 9.17) is 15.7 Å². The van der Waals surface area contributed by atoms with Gasteiger partial charge in [-0.2, -0.15) is 9.57 Å². The number of hydrogen-bond acceptors (Lipinski definition) is 6. The average molecular weight is 268 g/mol. The molecule has 2 N–H and O–H groups in total. The molecule has 8 heteroatoms. The van der Waals surface area contributed by atoms with E-state index >= 15 is 0 Å². The molecule has 2 heterocycles. The first kappa shape index (κ1) is 12.9. The van der Waals surface area contributed by atoms with Gasteiger partial charge in [0.15, 0.2) is 5.69 Å². The fraction of sp³-hybridized carbons (Fsp3) is 0.400. The van der Waals surface area contributed by atoms with Gasteiger partial charge in [-0.25, -0.2) is 13.4 Å². The number of sulfonamides is 1. The van der Waals surface area contributed by atoms with Crippen LogP contribution in [0.4, 0.5) is 0 Å². The molecule has 1 unspecified atom stereocenters. The van der Waals surface area contributed by atoms with E-state index in [1.54, 1.807) is 6.07 Å². The fourth-order valence-corrected chi connectivity index (χ4v) is 3.29. The van der Waals surface area contributed by atoms with Crippen molar-refractivity contribution in [2.24, 2.45) is 5.73 Å². The molecule has 0 amide bonds. The summed E-state index contributed by atoms with van der Waals surface area (Å²) in [5.41, 5.74) is 5.58. The van der Waals surface area contributed by atoms with Crippen molar-refractivity contribution in [1.82, 2.24) is 9.29 Å². The third-order valence-electron chi connectivity index (χ3n) is 2.58. The van der Waals surface area contributed by atoms with Crippen LogP contribution in [0.1, 0.15) is 5.69 Å². The molecule has 1 aliphatic heterocycles. The number of nitrogens with two attached hydrogens (primary N) is 1. The Morgan fingerprint density at radius 3 is 3.06 bits per heavy atom. The maximum atomic E-state index is 12.4. The summed E-state index contributed by atoms with van der Waals surface area (Å²) >= 11 is 0. The number of hydrogen-bond donors (Lipinski definition) is 1. The molecule has 18 heavy (non-hydrogen) atoms. The van der Waals surface area contributed by atoms with Gasteiger partial charge in [-0.3, -0.25) is 0 Å². The molecule has 0 spiro atoms. The summed E-state index contributed by atoms with van der Waals surface area (Å²) in [5.74, 6) is 0. The number of aromatic nitrogens is 1. The number of nitriles is 1. The predicted octanol–water partition coefficient (Wildman–Crippen LogP) is -0.741. The average Bonchev–Trinajstić information content (AvgIpc) is 2.39. The Morgan fingerprint density at radius 1 is 1.61 bits per heavy atom. The molecule has 1 aromatic rings. The van der Waals surface area contributed by atoms with Crippen molar-refractivity contribution in [1.29, 1.82) is 5.26 Å². The molecule has 0 saturated carbocycles. The first-order valence-electron chi connectivity index (χ1n) is 5.27. The second-order valence-electron chi connectivity index (χ2n) is 3.72. The van der Waals surface area contributed by atoms with Crippen molar-refractivity contribution in [2.75, 3.05) is 19.8 Å². The fourth-order valence-electron chi connectivity index (χ4n) is 1.71. The van der Waals surface area contributed by atoms with Crippen molar-refractivity contribution in [3.63, 3.8) is 0 Å². The van der Waals surface area contributed by atoms with E-state index in [0.29, 0.717) is 0 Å². The zero-order chi connectivity index (χ0) is 13.2. The Balaban J connectivity index is 2.45. The van der Waals surface area contributed by atoms with Crippen molar-refractivity contribution in [2.45, 2.75) is 11.1 Å². The Bertz CT molecular complexity index is 581. The molecule has 2 rings (SSSR count). The third-order valence-corrected chi connectivity index (χ3v) is 4.53. The van der Waals surface area contributed by atoms with Gasteiger partial charge in [0.25, 0.3) is 0 Å². The highest BCUT2D eigenvalue weighted by Crippen LogP contribution is 2.20. The SMILES string of the molecule is N#Cc1ncccc1S(=O)(=O)N1CCOCC1N. The van der Waals surface area contributed by atoms with Crippen LogP contribution in [0.2, 0.25) is 0 Å². The minimum Gasteiger partial charge on any atom is -0.377 e. The molecule has 0 aromatic carbocycles. The first-order chi connectivity index (χ1) is 8.57. The van der Waals surface area contributed by atoms with Crippen LogP contribution in [0.5, 0.6) is 0 Å². The first-order valence-corrected chi connectivity index (χ1v) is 6.71. The normalized spacial score (nSPS) is 21.4. The summed E-state index contributed by atoms with van der Waals surface area (Å²) in [6.07, 6.45) is 0.632. The van der Waals surface area contributed by atoms with Crippen molar-refractivity contribution in [3.05, 3.63) is 24.0 Å². The van der Waals surface area contributed by atoms with Crippen molar-refractivity contribution < 1.29 is 13.2 Å². The lowest BCUT2D eigenvalue weighted by atomic mass is 10.4. The standard InChI is InChI=1S/C10H12N4O3S/c11-6-8-9(2-1-3-13-8)18(15,16)14-4-5-17-7-10(14)12/h1-3,10H,4-5,7,12H2. The molecule has 0 radical (unpaired) electrons. The molecule has 1 atom stereocenters. The van der Waals surface area contributed by atoms with E-state index in [-0.39, 0.29) is 30.3 Å². The second-order valence-corrected chi connectivity index (χ2v) is 5.58. The number of morpholine rings is 1. The molecule has 1 aromatic heterocycles. The third kappa shape index (κ3) is 2.21. The van der Waals surface area contributed by atoms with E-state index in [0.717, 1.165) is 4.31 Å². The quantitative estimate of drug-likeness (QED) is 0.756. The summed E-state index contributed by atoms with van der Waals surface area (Å²) in [7, 11) is -3.81. The van der Waals surface area contributed by atoms with Gasteiger partial charge in [0.05, 0.1) is 19.4 Å². The van der Waals surface area contributed by atoms with E-state index in [2.05, 4.69) is 4.98 Å². The summed E-state index contributed by atoms with van der Waals surface area (Å²) < 4.78 is 31.0. The highest BCUT2D eigenvalue weighted by atomic mass is 32.2. The van der Waals surface area contributed by atoms with Crippen LogP contribution in [0.3, 0.4) is 0 Å². The molecule has 0 bridgehead atoms. The number of nitrogens with zero attached hydrogens (tertiary/aromatic N) is 3. The van der Waals surface area contributed by atoms with Gasteiger partial charge in [0.1, 0.15) is 11.0 Å². The smallest absolute Gasteiger partial charge is 0.247 e. The highest BCUT2D eigenvalue weighted by Gasteiger charge is 2.33. The molecule has 1 fully saturated rings. The lowest BCUT2D eigenvalue weighted by Crippen LogP contribution is -2.53. The summed E-state index contributed by atoms with van der Waals surface area (Å²) in [4.78, 5) is 3.62. The summed E-state index contributed by atoms with van der Waals surface area (Å²) in [5, 5.41) is 8.89. The highest BCUT2D eigenvalue weighted by molar-refractivity contribution is 7.89. The van der Waals surface area contributed by atoms with Crippen LogP contribution in [0.25, 0.3) is 0 Å². The number of rotatable bonds is 2. The van der Waals surface area contributed by atoms with Gasteiger partial charge in [-0.15, -0.1) is 0 Å². The Hall–Kier alpha value is -1.53. The Morgan fingerprint density at radius 2 is 2.39 bits per heavy atom. The van der Waals surface area contributed by atoms with Crippen molar-refractivity contribution in [3.8, 4) is 6.07 Å². The topological polar surface area (TPSA) is 109 Å². The Kier molecular flexibility index (Phi) is 3.58. The van der Waals surface area contributed by atoms with Gasteiger partial charge < -0.3 is 10.5 Å². The van der Waals surface area contributed by atoms with Crippen LogP contribution in [-0.2, 0) is 14.8 Å². The van der Waals surface area contributed by atoms with Gasteiger partial charge >= 0.3 is 0 Å². The molecule has 7 nitrogen and oxygen atoms in total. The van der Waals surface area contributed by atoms with Crippen molar-refractivity contribution >= 4 is 10.0 Å². The largest absolute Gasteiger partial charge is 0.377 e. The zero-order valence-electron chi connectivity index (χ0n) is 9.48. The van der Waals surface area contributed by atoms with Crippen LogP contribution in [0.15, 0.2) is 23.2 Å². The predicted molar refractivity (Wildman–Crippen MR) is 61.6 cm³/mol. The van der Waals surface area contributed by atoms with E-state index < -0.39 is 16.2 Å². The van der Waals surface area contributed by atoms with E-state index in [1.807, 2.05) is 0 Å². The molecule has 96 valence electrons. The Labute approximate surface area is 105 Å². The van der Waals surface area contributed by atoms with Gasteiger partial charge in [-0.05, 0) is 12.1 Å². The summed E-state index contributed by atoms with van der Waals surface area (Å²) in [6, 6.07) is 4.59. The van der Waals surface area contributed by atoms with E-state index in [1.165, 1.54) is 18.3 Å². The lowest BCUT2D eigenvalue weighted by molar-refractivity contribution is 0.0350. The molecule has 0 aliphatic carbocycles. The van der Waals surface area contributed by atoms with E-state index in [9.17, 15) is 8.42 Å². The monoisotopic (exact) mass is 268 g/mol. The minimum absolute atomic E-state index is 0.121. The number of ether oxygens (including phenoxy) is 1. The number of pyridine rings is 1. The maximum absolute atomic E-state index is 12.4. The van der Waals surface area contributed by atoms with Gasteiger partial charge in [-0.1, -0.05) is 0 Å². The van der Waals surface area contributed by atoms with Gasteiger partial charge in [0.2, 0.25) is 10.0 Å². The zero-order valence-corrected chi connectivity index (χ0v) is 10.3. The molecule has 1 aliphatic rings. The van der Waals surface area contributed by atoms with Crippen LogP contribution in [0, 0.1) is 11.3 Å². The van der Waals surface area contributed by atoms with Crippen LogP contribution in [-0.4, -0.2) is 43.6 Å². The minimum atomic E-state index is -3.81. The lowest BCUT2D eigenvalue weighted by Gasteiger charge is -2.31. The molecular formula is C10H12N4O3S. The van der Waals surface area contributed by atoms with Gasteiger partial charge in [0, 0.05) is 12.7 Å². The second kappa shape index (κ2) is 4.99. The summed E-state index contributed by atoms with van der Waals surface area (Å²) in [6.45, 7) is 0.597. The maximum Gasteiger partial charge on any atom is 0.247 e. The molecular weight excluding hydrogens is 256 g/mol. The van der Waals surface area contributed by atoms with Crippen LogP contribution >= 0.6 is 0 Å².